The highest BCUT2D eigenvalue weighted by molar-refractivity contribution is 8.01. The fourth-order valence-corrected chi connectivity index (χ4v) is 6.20. The third-order valence-corrected chi connectivity index (χ3v) is 7.90. The van der Waals surface area contributed by atoms with Gasteiger partial charge in [-0.3, -0.25) is 4.79 Å². The fraction of sp³-hybridized carbons (Fsp3) is 0.435. The zero-order valence-corrected chi connectivity index (χ0v) is 18.8. The Morgan fingerprint density at radius 3 is 2.74 bits per heavy atom. The van der Waals surface area contributed by atoms with Crippen LogP contribution in [0.1, 0.15) is 40.9 Å². The van der Waals surface area contributed by atoms with Gasteiger partial charge in [0.25, 0.3) is 0 Å². The maximum absolute atomic E-state index is 12.3. The molecule has 1 aromatic carbocycles. The van der Waals surface area contributed by atoms with E-state index in [0.29, 0.717) is 29.0 Å². The van der Waals surface area contributed by atoms with Gasteiger partial charge < -0.3 is 15.1 Å². The van der Waals surface area contributed by atoms with E-state index >= 15 is 0 Å². The zero-order valence-electron chi connectivity index (χ0n) is 17.1. The third kappa shape index (κ3) is 5.56. The van der Waals surface area contributed by atoms with E-state index in [1.54, 1.807) is 0 Å². The molecule has 164 valence electrons. The van der Waals surface area contributed by atoms with Gasteiger partial charge in [0, 0.05) is 24.1 Å². The van der Waals surface area contributed by atoms with Crippen molar-refractivity contribution in [2.24, 2.45) is 5.92 Å². The number of rotatable bonds is 9. The van der Waals surface area contributed by atoms with Crippen LogP contribution in [0.15, 0.2) is 46.1 Å². The first-order chi connectivity index (χ1) is 15.0. The molecular formula is C23H26N2O4S2. The number of hydrogen-bond acceptors (Lipinski definition) is 6. The van der Waals surface area contributed by atoms with Crippen molar-refractivity contribution in [3.05, 3.63) is 58.6 Å². The Labute approximate surface area is 190 Å². The maximum Gasteiger partial charge on any atom is 0.355 e. The lowest BCUT2D eigenvalue weighted by molar-refractivity contribution is -0.128. The normalized spacial score (nSPS) is 20.0. The minimum Gasteiger partial charge on any atom is -0.476 e. The van der Waals surface area contributed by atoms with Crippen molar-refractivity contribution in [1.82, 2.24) is 9.88 Å². The number of hydrogen-bond donors (Lipinski definition) is 2. The SMILES string of the molecule is O=C(O)c1csc(SCCN2C(=O)CC[C@@H]2/C=C/[C@@H](O)CC2Cc3ccccc3C2)n1. The summed E-state index contributed by atoms with van der Waals surface area (Å²) in [5, 5.41) is 21.0. The Balaban J connectivity index is 1.25. The van der Waals surface area contributed by atoms with Gasteiger partial charge in [0.1, 0.15) is 0 Å². The molecule has 1 saturated heterocycles. The van der Waals surface area contributed by atoms with Crippen LogP contribution in [0.2, 0.25) is 0 Å². The van der Waals surface area contributed by atoms with Gasteiger partial charge >= 0.3 is 5.97 Å². The predicted molar refractivity (Wildman–Crippen MR) is 122 cm³/mol. The van der Waals surface area contributed by atoms with Crippen LogP contribution >= 0.6 is 23.1 Å². The number of aromatic carboxylic acids is 1. The number of thiazole rings is 1. The van der Waals surface area contributed by atoms with Crippen LogP contribution in [-0.2, 0) is 17.6 Å². The molecule has 2 aromatic rings. The lowest BCUT2D eigenvalue weighted by Gasteiger charge is -2.22. The summed E-state index contributed by atoms with van der Waals surface area (Å²) < 4.78 is 0.698. The quantitative estimate of drug-likeness (QED) is 0.440. The van der Waals surface area contributed by atoms with Gasteiger partial charge in [-0.2, -0.15) is 0 Å². The summed E-state index contributed by atoms with van der Waals surface area (Å²) in [5.41, 5.74) is 2.85. The number of aliphatic hydroxyl groups excluding tert-OH is 1. The number of fused-ring (bicyclic) bond motifs is 1. The Morgan fingerprint density at radius 1 is 1.32 bits per heavy atom. The summed E-state index contributed by atoms with van der Waals surface area (Å²) in [7, 11) is 0. The molecule has 0 saturated carbocycles. The fourth-order valence-electron chi connectivity index (χ4n) is 4.39. The largest absolute Gasteiger partial charge is 0.476 e. The summed E-state index contributed by atoms with van der Waals surface area (Å²) in [5.74, 6) is 0.221. The van der Waals surface area contributed by atoms with E-state index in [9.17, 15) is 14.7 Å². The molecule has 4 rings (SSSR count). The van der Waals surface area contributed by atoms with Crippen molar-refractivity contribution in [2.75, 3.05) is 12.3 Å². The summed E-state index contributed by atoms with van der Waals surface area (Å²) in [4.78, 5) is 29.2. The number of nitrogens with zero attached hydrogens (tertiary/aromatic N) is 2. The van der Waals surface area contributed by atoms with E-state index in [2.05, 4.69) is 29.2 Å². The Bertz CT molecular complexity index is 949. The van der Waals surface area contributed by atoms with Gasteiger partial charge in [-0.15, -0.1) is 11.3 Å². The molecule has 1 fully saturated rings. The van der Waals surface area contributed by atoms with Crippen LogP contribution < -0.4 is 0 Å². The van der Waals surface area contributed by atoms with Gasteiger partial charge in [-0.05, 0) is 42.7 Å². The molecule has 1 aliphatic heterocycles. The molecule has 2 atom stereocenters. The number of carbonyl (C=O) groups excluding carboxylic acids is 1. The number of benzene rings is 1. The summed E-state index contributed by atoms with van der Waals surface area (Å²) in [6.45, 7) is 0.578. The smallest absolute Gasteiger partial charge is 0.355 e. The summed E-state index contributed by atoms with van der Waals surface area (Å²) in [6.07, 6.45) is 7.39. The van der Waals surface area contributed by atoms with Crippen molar-refractivity contribution >= 4 is 35.0 Å². The highest BCUT2D eigenvalue weighted by Gasteiger charge is 2.29. The predicted octanol–water partition coefficient (Wildman–Crippen LogP) is 3.65. The summed E-state index contributed by atoms with van der Waals surface area (Å²) >= 11 is 2.77. The molecule has 0 bridgehead atoms. The Hall–Kier alpha value is -2.16. The second-order valence-corrected chi connectivity index (χ2v) is 10.3. The second kappa shape index (κ2) is 9.97. The molecule has 8 heteroatoms. The molecule has 0 spiro atoms. The van der Waals surface area contributed by atoms with Gasteiger partial charge in [0.2, 0.25) is 5.91 Å². The number of aromatic nitrogens is 1. The van der Waals surface area contributed by atoms with Crippen molar-refractivity contribution in [1.29, 1.82) is 0 Å². The molecule has 2 aliphatic rings. The first kappa shape index (κ1) is 22.0. The van der Waals surface area contributed by atoms with Gasteiger partial charge in [-0.25, -0.2) is 9.78 Å². The lowest BCUT2D eigenvalue weighted by atomic mass is 9.98. The van der Waals surface area contributed by atoms with Crippen LogP contribution in [0.5, 0.6) is 0 Å². The van der Waals surface area contributed by atoms with E-state index in [1.165, 1.54) is 39.6 Å². The first-order valence-corrected chi connectivity index (χ1v) is 12.4. The van der Waals surface area contributed by atoms with Crippen LogP contribution in [-0.4, -0.2) is 56.4 Å². The average molecular weight is 459 g/mol. The number of carboxylic acid groups (broad SMARTS) is 1. The van der Waals surface area contributed by atoms with Gasteiger partial charge in [0.05, 0.1) is 12.1 Å². The zero-order chi connectivity index (χ0) is 21.8. The standard InChI is InChI=1S/C23H26N2O4S2/c26-19(13-15-11-16-3-1-2-4-17(16)12-15)7-5-18-6-8-21(27)25(18)9-10-30-23-24-20(14-31-23)22(28)29/h1-5,7,14-15,18-19,26H,6,8-13H2,(H,28,29)/b7-5+/t18-,19+/m0/s1. The lowest BCUT2D eigenvalue weighted by Crippen LogP contribution is -2.33. The Morgan fingerprint density at radius 2 is 2.06 bits per heavy atom. The average Bonchev–Trinajstić information content (AvgIpc) is 3.45. The molecule has 0 radical (unpaired) electrons. The molecule has 2 N–H and O–H groups in total. The number of amides is 1. The van der Waals surface area contributed by atoms with Crippen molar-refractivity contribution in [3.8, 4) is 0 Å². The van der Waals surface area contributed by atoms with Crippen molar-refractivity contribution in [3.63, 3.8) is 0 Å². The molecule has 31 heavy (non-hydrogen) atoms. The van der Waals surface area contributed by atoms with Crippen LogP contribution in [0, 0.1) is 5.92 Å². The first-order valence-electron chi connectivity index (χ1n) is 10.5. The molecule has 2 heterocycles. The molecule has 0 unspecified atom stereocenters. The minimum absolute atomic E-state index is 0.00870. The van der Waals surface area contributed by atoms with Crippen LogP contribution in [0.25, 0.3) is 0 Å². The van der Waals surface area contributed by atoms with E-state index < -0.39 is 12.1 Å². The number of carbonyl (C=O) groups is 2. The van der Waals surface area contributed by atoms with Crippen molar-refractivity contribution < 1.29 is 19.8 Å². The van der Waals surface area contributed by atoms with Crippen LogP contribution in [0.3, 0.4) is 0 Å². The molecule has 6 nitrogen and oxygen atoms in total. The van der Waals surface area contributed by atoms with E-state index in [-0.39, 0.29) is 17.6 Å². The minimum atomic E-state index is -1.02. The number of thioether (sulfide) groups is 1. The van der Waals surface area contributed by atoms with Crippen molar-refractivity contribution in [2.45, 2.75) is 48.6 Å². The van der Waals surface area contributed by atoms with E-state index in [1.807, 2.05) is 17.1 Å². The molecule has 1 aromatic heterocycles. The molecular weight excluding hydrogens is 432 g/mol. The van der Waals surface area contributed by atoms with Gasteiger partial charge in [0.15, 0.2) is 10.0 Å². The van der Waals surface area contributed by atoms with Gasteiger partial charge in [-0.1, -0.05) is 48.2 Å². The summed E-state index contributed by atoms with van der Waals surface area (Å²) in [6, 6.07) is 8.49. The van der Waals surface area contributed by atoms with Crippen LogP contribution in [0.4, 0.5) is 0 Å². The monoisotopic (exact) mass is 458 g/mol. The molecule has 1 aliphatic carbocycles. The maximum atomic E-state index is 12.3. The van der Waals surface area contributed by atoms with E-state index in [4.69, 9.17) is 5.11 Å². The number of carboxylic acids is 1. The molecule has 1 amide bonds. The second-order valence-electron chi connectivity index (χ2n) is 8.08. The topological polar surface area (TPSA) is 90.7 Å². The number of likely N-dealkylation sites (tertiary alicyclic amines) is 1. The highest BCUT2D eigenvalue weighted by Crippen LogP contribution is 2.30. The third-order valence-electron chi connectivity index (χ3n) is 5.90. The highest BCUT2D eigenvalue weighted by atomic mass is 32.2. The van der Waals surface area contributed by atoms with E-state index in [0.717, 1.165) is 25.7 Å². The Kier molecular flexibility index (Phi) is 7.09. The number of aliphatic hydroxyl groups is 1.